The Kier molecular flexibility index (Phi) is 9.11. The molecule has 1 aromatic rings. The van der Waals surface area contributed by atoms with Crippen molar-refractivity contribution in [2.45, 2.75) is 95.4 Å². The maximum atomic E-state index is 13.6. The molecule has 0 aromatic heterocycles. The lowest BCUT2D eigenvalue weighted by atomic mass is 9.81. The van der Waals surface area contributed by atoms with Gasteiger partial charge in [-0.1, -0.05) is 0 Å². The van der Waals surface area contributed by atoms with E-state index >= 15 is 0 Å². The van der Waals surface area contributed by atoms with Crippen LogP contribution in [-0.4, -0.2) is 78.3 Å². The summed E-state index contributed by atoms with van der Waals surface area (Å²) in [5, 5.41) is 2.49. The van der Waals surface area contributed by atoms with Crippen molar-refractivity contribution in [1.29, 1.82) is 0 Å². The zero-order valence-corrected chi connectivity index (χ0v) is 24.1. The Morgan fingerprint density at radius 3 is 2.36 bits per heavy atom. The van der Waals surface area contributed by atoms with Gasteiger partial charge in [0.2, 0.25) is 5.91 Å². The van der Waals surface area contributed by atoms with Crippen LogP contribution in [0, 0.1) is 11.7 Å². The lowest BCUT2D eigenvalue weighted by Crippen LogP contribution is -2.53. The Labute approximate surface area is 228 Å². The van der Waals surface area contributed by atoms with Gasteiger partial charge in [-0.05, 0) is 91.5 Å². The summed E-state index contributed by atoms with van der Waals surface area (Å²) in [6, 6.07) is 1.08. The number of amides is 2. The molecule has 2 amide bonds. The third kappa shape index (κ3) is 6.93. The third-order valence-corrected chi connectivity index (χ3v) is 10.9. The van der Waals surface area contributed by atoms with Crippen LogP contribution in [0.3, 0.4) is 0 Å². The van der Waals surface area contributed by atoms with E-state index in [1.807, 2.05) is 7.05 Å². The smallest absolute Gasteiger partial charge is 0.340 e. The first kappa shape index (κ1) is 31.3. The summed E-state index contributed by atoms with van der Waals surface area (Å²) in [6.07, 6.45) is -2.74. The van der Waals surface area contributed by atoms with Gasteiger partial charge in [-0.15, -0.1) is 0 Å². The molecule has 4 atom stereocenters. The number of rotatable bonds is 7. The van der Waals surface area contributed by atoms with Crippen molar-refractivity contribution in [1.82, 2.24) is 15.1 Å². The fourth-order valence-electron chi connectivity index (χ4n) is 5.43. The molecule has 0 bridgehead atoms. The van der Waals surface area contributed by atoms with Crippen molar-refractivity contribution in [3.8, 4) is 0 Å². The molecule has 1 aliphatic carbocycles. The fourth-order valence-corrected chi connectivity index (χ4v) is 6.85. The number of sulfone groups is 1. The molecule has 1 aliphatic heterocycles. The third-order valence-electron chi connectivity index (χ3n) is 8.15. The SMILES string of the molecule is CC(C)N(C)[C@@H]1CC[C@H](N2CC[C@H](NC(=O)c3ccc(F)c(C(F)(F)F)c3)C2=O)[C@@H](CS(=O)(=O)C(C)(C)C)C1. The van der Waals surface area contributed by atoms with E-state index in [1.165, 1.54) is 0 Å². The van der Waals surface area contributed by atoms with Gasteiger partial charge in [-0.25, -0.2) is 12.8 Å². The van der Waals surface area contributed by atoms with Crippen LogP contribution in [0.4, 0.5) is 17.6 Å². The highest BCUT2D eigenvalue weighted by Crippen LogP contribution is 2.36. The average molecular weight is 578 g/mol. The molecular formula is C27H39F4N3O4S. The molecule has 0 spiro atoms. The highest BCUT2D eigenvalue weighted by molar-refractivity contribution is 7.92. The van der Waals surface area contributed by atoms with E-state index in [2.05, 4.69) is 24.1 Å². The molecule has 1 N–H and O–H groups in total. The van der Waals surface area contributed by atoms with Crippen molar-refractivity contribution >= 4 is 21.7 Å². The number of likely N-dealkylation sites (tertiary alicyclic amines) is 1. The second-order valence-electron chi connectivity index (χ2n) is 12.0. The molecular weight excluding hydrogens is 538 g/mol. The topological polar surface area (TPSA) is 86.8 Å². The lowest BCUT2D eigenvalue weighted by Gasteiger charge is -2.45. The first-order valence-electron chi connectivity index (χ1n) is 13.3. The van der Waals surface area contributed by atoms with Crippen molar-refractivity contribution in [3.05, 3.63) is 35.1 Å². The second kappa shape index (κ2) is 11.3. The van der Waals surface area contributed by atoms with Gasteiger partial charge < -0.3 is 15.1 Å². The fraction of sp³-hybridized carbons (Fsp3) is 0.704. The van der Waals surface area contributed by atoms with E-state index in [9.17, 15) is 35.6 Å². The number of carbonyl (C=O) groups is 2. The summed E-state index contributed by atoms with van der Waals surface area (Å²) in [5.74, 6) is -3.16. The van der Waals surface area contributed by atoms with Gasteiger partial charge in [0.05, 0.1) is 16.1 Å². The van der Waals surface area contributed by atoms with Crippen LogP contribution in [0.15, 0.2) is 18.2 Å². The highest BCUT2D eigenvalue weighted by Gasteiger charge is 2.45. The maximum absolute atomic E-state index is 13.6. The Morgan fingerprint density at radius 2 is 1.79 bits per heavy atom. The van der Waals surface area contributed by atoms with E-state index in [4.69, 9.17) is 0 Å². The van der Waals surface area contributed by atoms with Crippen molar-refractivity contribution in [2.24, 2.45) is 5.92 Å². The summed E-state index contributed by atoms with van der Waals surface area (Å²) in [7, 11) is -1.47. The number of benzene rings is 1. The molecule has 39 heavy (non-hydrogen) atoms. The van der Waals surface area contributed by atoms with Gasteiger partial charge in [0.15, 0.2) is 9.84 Å². The van der Waals surface area contributed by atoms with Crippen LogP contribution in [0.2, 0.25) is 0 Å². The minimum Gasteiger partial charge on any atom is -0.340 e. The Balaban J connectivity index is 1.79. The Hall–Kier alpha value is -2.21. The summed E-state index contributed by atoms with van der Waals surface area (Å²) in [5.41, 5.74) is -1.96. The van der Waals surface area contributed by atoms with Gasteiger partial charge in [-0.2, -0.15) is 13.2 Å². The minimum absolute atomic E-state index is 0.0692. The van der Waals surface area contributed by atoms with Crippen LogP contribution < -0.4 is 5.32 Å². The van der Waals surface area contributed by atoms with Crippen LogP contribution in [-0.2, 0) is 20.8 Å². The molecule has 1 heterocycles. The summed E-state index contributed by atoms with van der Waals surface area (Å²) >= 11 is 0. The maximum Gasteiger partial charge on any atom is 0.419 e. The molecule has 1 saturated heterocycles. The van der Waals surface area contributed by atoms with Gasteiger partial charge in [-0.3, -0.25) is 9.59 Å². The number of alkyl halides is 3. The average Bonchev–Trinajstić information content (AvgIpc) is 3.16. The minimum atomic E-state index is -4.97. The van der Waals surface area contributed by atoms with Gasteiger partial charge in [0, 0.05) is 30.2 Å². The molecule has 2 fully saturated rings. The van der Waals surface area contributed by atoms with Crippen LogP contribution in [0.1, 0.15) is 76.2 Å². The van der Waals surface area contributed by atoms with Crippen molar-refractivity contribution in [3.63, 3.8) is 0 Å². The summed E-state index contributed by atoms with van der Waals surface area (Å²) in [4.78, 5) is 30.0. The monoisotopic (exact) mass is 577 g/mol. The van der Waals surface area contributed by atoms with Gasteiger partial charge in [0.1, 0.15) is 11.9 Å². The molecule has 0 unspecified atom stereocenters. The molecule has 220 valence electrons. The summed E-state index contributed by atoms with van der Waals surface area (Å²) < 4.78 is 78.3. The Morgan fingerprint density at radius 1 is 1.15 bits per heavy atom. The first-order valence-corrected chi connectivity index (χ1v) is 14.9. The predicted octanol–water partition coefficient (Wildman–Crippen LogP) is 4.27. The van der Waals surface area contributed by atoms with E-state index in [0.717, 1.165) is 12.5 Å². The highest BCUT2D eigenvalue weighted by atomic mass is 32.2. The standard InChI is InChI=1S/C27H39F4N3O4S/c1-16(2)33(6)19-8-10-23(18(13-19)15-39(37,38)26(3,4)5)34-12-11-22(25(34)36)32-24(35)17-7-9-21(28)20(14-17)27(29,30)31/h7,9,14,16,18-19,22-23H,8,10-13,15H2,1-6H3,(H,32,35)/t18-,19-,22+,23+/m1/s1. The normalized spacial score (nSPS) is 25.0. The number of halogens is 4. The number of nitrogens with one attached hydrogen (secondary N) is 1. The second-order valence-corrected chi connectivity index (χ2v) is 14.8. The van der Waals surface area contributed by atoms with Crippen LogP contribution in [0.25, 0.3) is 0 Å². The van der Waals surface area contributed by atoms with Crippen LogP contribution >= 0.6 is 0 Å². The van der Waals surface area contributed by atoms with Gasteiger partial charge >= 0.3 is 6.18 Å². The van der Waals surface area contributed by atoms with E-state index in [1.54, 1.807) is 25.7 Å². The molecule has 0 radical (unpaired) electrons. The molecule has 2 aliphatic rings. The quantitative estimate of drug-likeness (QED) is 0.490. The predicted molar refractivity (Wildman–Crippen MR) is 140 cm³/mol. The number of hydrogen-bond donors (Lipinski definition) is 1. The summed E-state index contributed by atoms with van der Waals surface area (Å²) in [6.45, 7) is 9.41. The zero-order valence-electron chi connectivity index (χ0n) is 23.3. The van der Waals surface area contributed by atoms with Gasteiger partial charge in [0.25, 0.3) is 5.91 Å². The molecule has 12 heteroatoms. The number of hydrogen-bond acceptors (Lipinski definition) is 5. The van der Waals surface area contributed by atoms with E-state index in [0.29, 0.717) is 31.5 Å². The largest absolute Gasteiger partial charge is 0.419 e. The molecule has 1 saturated carbocycles. The molecule has 1 aromatic carbocycles. The van der Waals surface area contributed by atoms with Crippen LogP contribution in [0.5, 0.6) is 0 Å². The first-order chi connectivity index (χ1) is 17.8. The molecule has 3 rings (SSSR count). The van der Waals surface area contributed by atoms with Crippen molar-refractivity contribution in [2.75, 3.05) is 19.3 Å². The van der Waals surface area contributed by atoms with E-state index < -0.39 is 49.7 Å². The molecule has 7 nitrogen and oxygen atoms in total. The van der Waals surface area contributed by atoms with Crippen molar-refractivity contribution < 1.29 is 35.6 Å². The number of nitrogens with zero attached hydrogens (tertiary/aromatic N) is 2. The Bertz CT molecular complexity index is 1180. The zero-order chi connectivity index (χ0) is 29.5. The number of carbonyl (C=O) groups excluding carboxylic acids is 2. The van der Waals surface area contributed by atoms with E-state index in [-0.39, 0.29) is 42.1 Å². The lowest BCUT2D eigenvalue weighted by molar-refractivity contribution is -0.140.